The minimum absolute atomic E-state index is 0.0630. The van der Waals surface area contributed by atoms with Gasteiger partial charge >= 0.3 is 0 Å². The maximum Gasteiger partial charge on any atom is 0.267 e. The van der Waals surface area contributed by atoms with Crippen molar-refractivity contribution in [3.05, 3.63) is 57.0 Å². The van der Waals surface area contributed by atoms with Crippen LogP contribution >= 0.6 is 11.6 Å². The van der Waals surface area contributed by atoms with Crippen LogP contribution in [-0.2, 0) is 17.9 Å². The number of nitrogens with one attached hydrogen (secondary N) is 1. The molecule has 0 aliphatic heterocycles. The van der Waals surface area contributed by atoms with Crippen molar-refractivity contribution < 1.29 is 4.74 Å². The molecule has 1 aromatic carbocycles. The SMILES string of the molecule is COCc1cc(=O)n(Cc2ccc(Cl)cc2)[nH]1. The number of aromatic nitrogens is 2. The van der Waals surface area contributed by atoms with Gasteiger partial charge in [-0.3, -0.25) is 9.89 Å². The second kappa shape index (κ2) is 5.21. The molecule has 0 amide bonds. The van der Waals surface area contributed by atoms with Crippen LogP contribution in [0.4, 0.5) is 0 Å². The normalized spacial score (nSPS) is 10.7. The second-order valence-electron chi connectivity index (χ2n) is 3.77. The molecule has 2 aromatic rings. The Morgan fingerprint density at radius 1 is 1.35 bits per heavy atom. The number of nitrogens with zero attached hydrogens (tertiary/aromatic N) is 1. The fourth-order valence-electron chi connectivity index (χ4n) is 1.61. The first-order valence-electron chi connectivity index (χ1n) is 5.21. The van der Waals surface area contributed by atoms with Gasteiger partial charge in [0.05, 0.1) is 18.8 Å². The molecule has 1 aromatic heterocycles. The van der Waals surface area contributed by atoms with Crippen LogP contribution in [0.15, 0.2) is 35.1 Å². The highest BCUT2D eigenvalue weighted by molar-refractivity contribution is 6.30. The highest BCUT2D eigenvalue weighted by Crippen LogP contribution is 2.10. The van der Waals surface area contributed by atoms with Crippen molar-refractivity contribution >= 4 is 11.6 Å². The number of rotatable bonds is 4. The molecule has 4 nitrogen and oxygen atoms in total. The molecule has 0 aliphatic carbocycles. The summed E-state index contributed by atoms with van der Waals surface area (Å²) in [6, 6.07) is 8.94. The maximum atomic E-state index is 11.6. The van der Waals surface area contributed by atoms with E-state index in [4.69, 9.17) is 16.3 Å². The number of halogens is 1. The molecule has 5 heteroatoms. The smallest absolute Gasteiger partial charge is 0.267 e. The van der Waals surface area contributed by atoms with Crippen LogP contribution in [0.2, 0.25) is 5.02 Å². The van der Waals surface area contributed by atoms with Gasteiger partial charge in [0.1, 0.15) is 0 Å². The first-order valence-corrected chi connectivity index (χ1v) is 5.59. The van der Waals surface area contributed by atoms with Gasteiger partial charge in [-0.1, -0.05) is 23.7 Å². The summed E-state index contributed by atoms with van der Waals surface area (Å²) in [7, 11) is 1.59. The van der Waals surface area contributed by atoms with Crippen LogP contribution in [-0.4, -0.2) is 16.9 Å². The van der Waals surface area contributed by atoms with E-state index in [1.807, 2.05) is 12.1 Å². The lowest BCUT2D eigenvalue weighted by atomic mass is 10.2. The van der Waals surface area contributed by atoms with E-state index in [1.54, 1.807) is 25.3 Å². The summed E-state index contributed by atoms with van der Waals surface area (Å²) in [5, 5.41) is 3.68. The predicted molar refractivity (Wildman–Crippen MR) is 66.3 cm³/mol. The van der Waals surface area contributed by atoms with E-state index >= 15 is 0 Å². The molecule has 1 N–H and O–H groups in total. The zero-order valence-electron chi connectivity index (χ0n) is 9.44. The minimum atomic E-state index is -0.0630. The average Bonchev–Trinajstić information content (AvgIpc) is 2.63. The molecule has 0 aliphatic rings. The first-order chi connectivity index (χ1) is 8.19. The van der Waals surface area contributed by atoms with Crippen LogP contribution < -0.4 is 5.56 Å². The van der Waals surface area contributed by atoms with Crippen LogP contribution in [0.3, 0.4) is 0 Å². The van der Waals surface area contributed by atoms with Gasteiger partial charge < -0.3 is 4.74 Å². The summed E-state index contributed by atoms with van der Waals surface area (Å²) < 4.78 is 6.50. The highest BCUT2D eigenvalue weighted by Gasteiger charge is 2.03. The molecule has 2 rings (SSSR count). The zero-order valence-corrected chi connectivity index (χ0v) is 10.2. The summed E-state index contributed by atoms with van der Waals surface area (Å²) in [4.78, 5) is 11.6. The minimum Gasteiger partial charge on any atom is -0.378 e. The van der Waals surface area contributed by atoms with E-state index in [9.17, 15) is 4.79 Å². The number of hydrogen-bond acceptors (Lipinski definition) is 2. The fourth-order valence-corrected chi connectivity index (χ4v) is 1.73. The van der Waals surface area contributed by atoms with E-state index < -0.39 is 0 Å². The van der Waals surface area contributed by atoms with Gasteiger partial charge in [-0.25, -0.2) is 4.68 Å². The highest BCUT2D eigenvalue weighted by atomic mass is 35.5. The largest absolute Gasteiger partial charge is 0.378 e. The zero-order chi connectivity index (χ0) is 12.3. The predicted octanol–water partition coefficient (Wildman–Crippen LogP) is 2.02. The third-order valence-corrected chi connectivity index (χ3v) is 2.65. The van der Waals surface area contributed by atoms with Gasteiger partial charge in [0.2, 0.25) is 0 Å². The topological polar surface area (TPSA) is 47.0 Å². The molecular formula is C12H13ClN2O2. The van der Waals surface area contributed by atoms with Crippen molar-refractivity contribution in [3.63, 3.8) is 0 Å². The summed E-state index contributed by atoms with van der Waals surface area (Å²) in [5.74, 6) is 0. The van der Waals surface area contributed by atoms with Crippen molar-refractivity contribution in [3.8, 4) is 0 Å². The van der Waals surface area contributed by atoms with E-state index in [0.717, 1.165) is 11.3 Å². The molecule has 0 saturated carbocycles. The Hall–Kier alpha value is -1.52. The van der Waals surface area contributed by atoms with E-state index in [2.05, 4.69) is 5.10 Å². The lowest BCUT2D eigenvalue weighted by Crippen LogP contribution is -2.16. The van der Waals surface area contributed by atoms with Crippen LogP contribution in [0, 0.1) is 0 Å². The van der Waals surface area contributed by atoms with Crippen LogP contribution in [0.1, 0.15) is 11.3 Å². The van der Waals surface area contributed by atoms with E-state index in [-0.39, 0.29) is 5.56 Å². The quantitative estimate of drug-likeness (QED) is 0.905. The first kappa shape index (κ1) is 12.0. The molecule has 0 atom stereocenters. The monoisotopic (exact) mass is 252 g/mol. The molecule has 1 heterocycles. The lowest BCUT2D eigenvalue weighted by molar-refractivity contribution is 0.181. The third kappa shape index (κ3) is 2.99. The van der Waals surface area contributed by atoms with Crippen LogP contribution in [0.5, 0.6) is 0 Å². The molecule has 0 bridgehead atoms. The Morgan fingerprint density at radius 3 is 2.71 bits per heavy atom. The van der Waals surface area contributed by atoms with Gasteiger partial charge in [-0.15, -0.1) is 0 Å². The van der Waals surface area contributed by atoms with E-state index in [0.29, 0.717) is 18.2 Å². The third-order valence-electron chi connectivity index (χ3n) is 2.40. The summed E-state index contributed by atoms with van der Waals surface area (Å²) in [5.41, 5.74) is 1.72. The van der Waals surface area contributed by atoms with Gasteiger partial charge in [-0.05, 0) is 17.7 Å². The lowest BCUT2D eigenvalue weighted by Gasteiger charge is -2.02. The van der Waals surface area contributed by atoms with Crippen LogP contribution in [0.25, 0.3) is 0 Å². The second-order valence-corrected chi connectivity index (χ2v) is 4.20. The molecule has 0 spiro atoms. The van der Waals surface area contributed by atoms with Gasteiger partial charge in [0, 0.05) is 18.2 Å². The molecule has 0 saturated heterocycles. The standard InChI is InChI=1S/C12H13ClN2O2/c1-17-8-11-6-12(16)15(14-11)7-9-2-4-10(13)5-3-9/h2-6,14H,7-8H2,1H3. The molecular weight excluding hydrogens is 240 g/mol. The molecule has 17 heavy (non-hydrogen) atoms. The number of hydrogen-bond donors (Lipinski definition) is 1. The summed E-state index contributed by atoms with van der Waals surface area (Å²) in [6.45, 7) is 0.905. The van der Waals surface area contributed by atoms with Crippen molar-refractivity contribution in [2.24, 2.45) is 0 Å². The van der Waals surface area contributed by atoms with Gasteiger partial charge in [0.25, 0.3) is 5.56 Å². The van der Waals surface area contributed by atoms with Crippen molar-refractivity contribution in [2.75, 3.05) is 7.11 Å². The Bertz CT molecular complexity index is 542. The number of aromatic amines is 1. The van der Waals surface area contributed by atoms with Gasteiger partial charge in [0.15, 0.2) is 0 Å². The van der Waals surface area contributed by atoms with Gasteiger partial charge in [-0.2, -0.15) is 0 Å². The molecule has 90 valence electrons. The Labute approximate surface area is 104 Å². The summed E-state index contributed by atoms with van der Waals surface area (Å²) >= 11 is 5.80. The average molecular weight is 253 g/mol. The Balaban J connectivity index is 2.18. The molecule has 0 fully saturated rings. The Morgan fingerprint density at radius 2 is 2.06 bits per heavy atom. The maximum absolute atomic E-state index is 11.6. The Kier molecular flexibility index (Phi) is 3.66. The molecule has 0 radical (unpaired) electrons. The van der Waals surface area contributed by atoms with Crippen molar-refractivity contribution in [1.82, 2.24) is 9.78 Å². The fraction of sp³-hybridized carbons (Fsp3) is 0.250. The number of ether oxygens (including phenoxy) is 1. The summed E-state index contributed by atoms with van der Waals surface area (Å²) in [6.07, 6.45) is 0. The van der Waals surface area contributed by atoms with Crippen molar-refractivity contribution in [1.29, 1.82) is 0 Å². The van der Waals surface area contributed by atoms with Crippen molar-refractivity contribution in [2.45, 2.75) is 13.2 Å². The number of benzene rings is 1. The molecule has 0 unspecified atom stereocenters. The van der Waals surface area contributed by atoms with E-state index in [1.165, 1.54) is 4.68 Å². The number of H-pyrrole nitrogens is 1. The number of methoxy groups -OCH3 is 1.